The van der Waals surface area contributed by atoms with Crippen LogP contribution in [0.15, 0.2) is 94.9 Å². The van der Waals surface area contributed by atoms with E-state index in [2.05, 4.69) is 15.2 Å². The van der Waals surface area contributed by atoms with Gasteiger partial charge in [-0.3, -0.25) is 4.79 Å². The fourth-order valence-corrected chi connectivity index (χ4v) is 3.15. The summed E-state index contributed by atoms with van der Waals surface area (Å²) in [4.78, 5) is 14.2. The van der Waals surface area contributed by atoms with E-state index in [-0.39, 0.29) is 17.4 Å². The Kier molecular flexibility index (Phi) is 6.59. The van der Waals surface area contributed by atoms with Crippen molar-refractivity contribution in [2.24, 2.45) is 5.10 Å². The quantitative estimate of drug-likeness (QED) is 0.441. The number of para-hydroxylation sites is 1. The molecular formula is C21H19N3O4S. The van der Waals surface area contributed by atoms with Gasteiger partial charge in [0.2, 0.25) is 0 Å². The van der Waals surface area contributed by atoms with Gasteiger partial charge in [0, 0.05) is 5.69 Å². The largest absolute Gasteiger partial charge is 0.484 e. The molecule has 0 aliphatic rings. The minimum absolute atomic E-state index is 0.126. The van der Waals surface area contributed by atoms with Crippen LogP contribution in [0.25, 0.3) is 0 Å². The fourth-order valence-electron chi connectivity index (χ4n) is 2.34. The molecule has 0 aliphatic heterocycles. The lowest BCUT2D eigenvalue weighted by Crippen LogP contribution is -2.20. The Labute approximate surface area is 169 Å². The van der Waals surface area contributed by atoms with Crippen molar-refractivity contribution in [1.29, 1.82) is 0 Å². The molecule has 0 spiro atoms. The molecule has 29 heavy (non-hydrogen) atoms. The van der Waals surface area contributed by atoms with E-state index in [0.29, 0.717) is 17.0 Å². The Balaban J connectivity index is 1.50. The number of anilines is 1. The molecule has 3 aromatic rings. The zero-order valence-electron chi connectivity index (χ0n) is 15.4. The third-order valence-electron chi connectivity index (χ3n) is 3.75. The van der Waals surface area contributed by atoms with Crippen molar-refractivity contribution in [3.8, 4) is 5.75 Å². The number of amides is 1. The predicted molar refractivity (Wildman–Crippen MR) is 111 cm³/mol. The molecule has 148 valence electrons. The van der Waals surface area contributed by atoms with Crippen LogP contribution >= 0.6 is 0 Å². The lowest BCUT2D eigenvalue weighted by Gasteiger charge is -2.07. The highest BCUT2D eigenvalue weighted by Gasteiger charge is 2.11. The number of hydrogen-bond acceptors (Lipinski definition) is 5. The average molecular weight is 409 g/mol. The van der Waals surface area contributed by atoms with E-state index in [4.69, 9.17) is 4.74 Å². The van der Waals surface area contributed by atoms with Crippen LogP contribution in [0, 0.1) is 0 Å². The van der Waals surface area contributed by atoms with Gasteiger partial charge in [0.25, 0.3) is 15.9 Å². The maximum absolute atomic E-state index is 12.1. The first-order chi connectivity index (χ1) is 14.0. The number of nitrogens with one attached hydrogen (secondary N) is 2. The van der Waals surface area contributed by atoms with Crippen molar-refractivity contribution < 1.29 is 17.9 Å². The Morgan fingerprint density at radius 3 is 2.17 bits per heavy atom. The van der Waals surface area contributed by atoms with Crippen molar-refractivity contribution in [2.45, 2.75) is 4.90 Å². The normalized spacial score (nSPS) is 11.2. The van der Waals surface area contributed by atoms with E-state index in [1.165, 1.54) is 18.3 Å². The highest BCUT2D eigenvalue weighted by atomic mass is 32.2. The van der Waals surface area contributed by atoms with Gasteiger partial charge in [-0.25, -0.2) is 4.83 Å². The number of nitrogens with zero attached hydrogens (tertiary/aromatic N) is 1. The lowest BCUT2D eigenvalue weighted by atomic mass is 10.2. The van der Waals surface area contributed by atoms with E-state index >= 15 is 0 Å². The molecule has 0 aliphatic carbocycles. The van der Waals surface area contributed by atoms with Crippen LogP contribution in [-0.4, -0.2) is 27.1 Å². The highest BCUT2D eigenvalue weighted by molar-refractivity contribution is 7.89. The summed E-state index contributed by atoms with van der Waals surface area (Å²) in [6, 6.07) is 23.8. The first kappa shape index (κ1) is 20.1. The van der Waals surface area contributed by atoms with Crippen molar-refractivity contribution in [3.05, 3.63) is 90.5 Å². The molecule has 3 rings (SSSR count). The van der Waals surface area contributed by atoms with Gasteiger partial charge in [0.05, 0.1) is 11.1 Å². The first-order valence-corrected chi connectivity index (χ1v) is 10.2. The second-order valence-corrected chi connectivity index (χ2v) is 7.60. The summed E-state index contributed by atoms with van der Waals surface area (Å²) >= 11 is 0. The molecule has 0 radical (unpaired) electrons. The van der Waals surface area contributed by atoms with E-state index in [1.54, 1.807) is 54.6 Å². The van der Waals surface area contributed by atoms with E-state index in [1.807, 2.05) is 18.2 Å². The van der Waals surface area contributed by atoms with Crippen molar-refractivity contribution in [3.63, 3.8) is 0 Å². The smallest absolute Gasteiger partial charge is 0.276 e. The van der Waals surface area contributed by atoms with Crippen LogP contribution in [0.5, 0.6) is 5.75 Å². The minimum atomic E-state index is -3.70. The number of sulfonamides is 1. The SMILES string of the molecule is O=C(COc1ccc(C=NNS(=O)(=O)c2ccccc2)cc1)Nc1ccccc1. The molecule has 0 bridgehead atoms. The minimum Gasteiger partial charge on any atom is -0.484 e. The molecular weight excluding hydrogens is 390 g/mol. The van der Waals surface area contributed by atoms with Gasteiger partial charge >= 0.3 is 0 Å². The average Bonchev–Trinajstić information content (AvgIpc) is 2.74. The molecule has 2 N–H and O–H groups in total. The number of carbonyl (C=O) groups is 1. The van der Waals surface area contributed by atoms with Crippen LogP contribution in [-0.2, 0) is 14.8 Å². The van der Waals surface area contributed by atoms with Gasteiger partial charge in [0.1, 0.15) is 5.75 Å². The van der Waals surface area contributed by atoms with Gasteiger partial charge < -0.3 is 10.1 Å². The van der Waals surface area contributed by atoms with Crippen molar-refractivity contribution in [1.82, 2.24) is 4.83 Å². The number of carbonyl (C=O) groups excluding carboxylic acids is 1. The molecule has 7 nitrogen and oxygen atoms in total. The molecule has 3 aromatic carbocycles. The van der Waals surface area contributed by atoms with E-state index in [9.17, 15) is 13.2 Å². The summed E-state index contributed by atoms with van der Waals surface area (Å²) in [6.45, 7) is -0.126. The summed E-state index contributed by atoms with van der Waals surface area (Å²) in [5.74, 6) is 0.243. The molecule has 0 unspecified atom stereocenters. The van der Waals surface area contributed by atoms with Crippen LogP contribution in [0.4, 0.5) is 5.69 Å². The third kappa shape index (κ3) is 6.18. The lowest BCUT2D eigenvalue weighted by molar-refractivity contribution is -0.118. The molecule has 0 saturated carbocycles. The molecule has 0 aromatic heterocycles. The number of hydrazone groups is 1. The summed E-state index contributed by atoms with van der Waals surface area (Å²) in [7, 11) is -3.70. The summed E-state index contributed by atoms with van der Waals surface area (Å²) in [5, 5.41) is 6.50. The first-order valence-electron chi connectivity index (χ1n) is 8.71. The second-order valence-electron chi connectivity index (χ2n) is 5.94. The molecule has 0 heterocycles. The maximum Gasteiger partial charge on any atom is 0.276 e. The summed E-state index contributed by atoms with van der Waals surface area (Å²) < 4.78 is 29.6. The van der Waals surface area contributed by atoms with Gasteiger partial charge in [-0.05, 0) is 54.1 Å². The summed E-state index contributed by atoms with van der Waals surface area (Å²) in [6.07, 6.45) is 1.38. The Morgan fingerprint density at radius 1 is 0.897 bits per heavy atom. The number of rotatable bonds is 8. The molecule has 0 fully saturated rings. The fraction of sp³-hybridized carbons (Fsp3) is 0.0476. The van der Waals surface area contributed by atoms with Crippen LogP contribution in [0.1, 0.15) is 5.56 Å². The molecule has 0 saturated heterocycles. The topological polar surface area (TPSA) is 96.9 Å². The van der Waals surface area contributed by atoms with Gasteiger partial charge in [-0.15, -0.1) is 0 Å². The van der Waals surface area contributed by atoms with Crippen LogP contribution in [0.3, 0.4) is 0 Å². The number of benzene rings is 3. The Hall–Kier alpha value is -3.65. The van der Waals surface area contributed by atoms with Gasteiger partial charge in [-0.1, -0.05) is 36.4 Å². The highest BCUT2D eigenvalue weighted by Crippen LogP contribution is 2.12. The van der Waals surface area contributed by atoms with E-state index in [0.717, 1.165) is 0 Å². The summed E-state index contributed by atoms with van der Waals surface area (Å²) in [5.41, 5.74) is 1.37. The van der Waals surface area contributed by atoms with Crippen LogP contribution < -0.4 is 14.9 Å². The van der Waals surface area contributed by atoms with Crippen molar-refractivity contribution in [2.75, 3.05) is 11.9 Å². The van der Waals surface area contributed by atoms with Gasteiger partial charge in [-0.2, -0.15) is 13.5 Å². The van der Waals surface area contributed by atoms with Crippen LogP contribution in [0.2, 0.25) is 0 Å². The third-order valence-corrected chi connectivity index (χ3v) is 4.99. The number of hydrogen-bond donors (Lipinski definition) is 2. The predicted octanol–water partition coefficient (Wildman–Crippen LogP) is 3.02. The zero-order chi connectivity index (χ0) is 20.5. The standard InChI is InChI=1S/C21H19N3O4S/c25-21(23-18-7-3-1-4-8-18)16-28-19-13-11-17(12-14-19)15-22-24-29(26,27)20-9-5-2-6-10-20/h1-15,24H,16H2,(H,23,25). The maximum atomic E-state index is 12.1. The van der Waals surface area contributed by atoms with Gasteiger partial charge in [0.15, 0.2) is 6.61 Å². The van der Waals surface area contributed by atoms with Crippen molar-refractivity contribution >= 4 is 27.8 Å². The van der Waals surface area contributed by atoms with E-state index < -0.39 is 10.0 Å². The number of ether oxygens (including phenoxy) is 1. The molecule has 0 atom stereocenters. The molecule has 8 heteroatoms. The second kappa shape index (κ2) is 9.52. The Bertz CT molecular complexity index is 1070. The Morgan fingerprint density at radius 2 is 1.52 bits per heavy atom. The zero-order valence-corrected chi connectivity index (χ0v) is 16.2. The molecule has 1 amide bonds. The monoisotopic (exact) mass is 409 g/mol.